The molecule has 0 spiro atoms. The molecule has 1 aliphatic rings. The van der Waals surface area contributed by atoms with E-state index in [1.807, 2.05) is 6.92 Å². The van der Waals surface area contributed by atoms with Crippen molar-refractivity contribution in [1.82, 2.24) is 15.2 Å². The molecule has 1 unspecified atom stereocenters. The third-order valence-corrected chi connectivity index (χ3v) is 4.04. The second kappa shape index (κ2) is 5.54. The standard InChI is InChI=1S/C16H23N3O/c1-11(2)16(19-8-6-17-7-9-19)13-4-5-14-15(10-13)20-12(3)18-14/h4-5,10-11,16-17H,6-9H2,1-3H3. The Kier molecular flexibility index (Phi) is 3.76. The van der Waals surface area contributed by atoms with E-state index in [0.29, 0.717) is 12.0 Å². The van der Waals surface area contributed by atoms with Crippen LogP contribution in [-0.4, -0.2) is 36.1 Å². The van der Waals surface area contributed by atoms with E-state index in [2.05, 4.69) is 47.2 Å². The Hall–Kier alpha value is -1.39. The van der Waals surface area contributed by atoms with Crippen LogP contribution in [-0.2, 0) is 0 Å². The summed E-state index contributed by atoms with van der Waals surface area (Å²) in [5.41, 5.74) is 3.19. The smallest absolute Gasteiger partial charge is 0.192 e. The highest BCUT2D eigenvalue weighted by atomic mass is 16.3. The van der Waals surface area contributed by atoms with Crippen LogP contribution in [0.1, 0.15) is 31.3 Å². The van der Waals surface area contributed by atoms with Crippen molar-refractivity contribution >= 4 is 11.1 Å². The summed E-state index contributed by atoms with van der Waals surface area (Å²) in [4.78, 5) is 6.96. The Labute approximate surface area is 120 Å². The molecule has 1 aliphatic heterocycles. The summed E-state index contributed by atoms with van der Waals surface area (Å²) in [7, 11) is 0. The topological polar surface area (TPSA) is 41.3 Å². The molecule has 0 saturated carbocycles. The predicted molar refractivity (Wildman–Crippen MR) is 80.8 cm³/mol. The average Bonchev–Trinajstić information content (AvgIpc) is 2.79. The number of nitrogens with zero attached hydrogens (tertiary/aromatic N) is 2. The van der Waals surface area contributed by atoms with Crippen molar-refractivity contribution in [1.29, 1.82) is 0 Å². The van der Waals surface area contributed by atoms with Crippen molar-refractivity contribution in [3.63, 3.8) is 0 Å². The summed E-state index contributed by atoms with van der Waals surface area (Å²) in [6.45, 7) is 10.9. The van der Waals surface area contributed by atoms with Crippen LogP contribution in [0.4, 0.5) is 0 Å². The van der Waals surface area contributed by atoms with Gasteiger partial charge in [-0.1, -0.05) is 19.9 Å². The summed E-state index contributed by atoms with van der Waals surface area (Å²) in [6.07, 6.45) is 0. The summed E-state index contributed by atoms with van der Waals surface area (Å²) >= 11 is 0. The van der Waals surface area contributed by atoms with E-state index >= 15 is 0 Å². The van der Waals surface area contributed by atoms with Crippen LogP contribution in [0.3, 0.4) is 0 Å². The highest BCUT2D eigenvalue weighted by molar-refractivity contribution is 5.73. The number of benzene rings is 1. The number of fused-ring (bicyclic) bond motifs is 1. The molecular weight excluding hydrogens is 250 g/mol. The molecule has 20 heavy (non-hydrogen) atoms. The monoisotopic (exact) mass is 273 g/mol. The van der Waals surface area contributed by atoms with Crippen LogP contribution in [0.25, 0.3) is 11.1 Å². The minimum Gasteiger partial charge on any atom is -0.441 e. The number of hydrogen-bond acceptors (Lipinski definition) is 4. The van der Waals surface area contributed by atoms with Crippen molar-refractivity contribution in [3.05, 3.63) is 29.7 Å². The molecule has 0 aliphatic carbocycles. The minimum atomic E-state index is 0.451. The van der Waals surface area contributed by atoms with E-state index in [9.17, 15) is 0 Å². The van der Waals surface area contributed by atoms with Crippen molar-refractivity contribution in [2.45, 2.75) is 26.8 Å². The van der Waals surface area contributed by atoms with Gasteiger partial charge in [0.15, 0.2) is 11.5 Å². The number of piperazine rings is 1. The van der Waals surface area contributed by atoms with Gasteiger partial charge in [0.1, 0.15) is 5.52 Å². The molecule has 2 aromatic rings. The second-order valence-electron chi connectivity index (χ2n) is 5.93. The van der Waals surface area contributed by atoms with Crippen LogP contribution < -0.4 is 5.32 Å². The summed E-state index contributed by atoms with van der Waals surface area (Å²) in [6, 6.07) is 6.91. The highest BCUT2D eigenvalue weighted by Crippen LogP contribution is 2.31. The van der Waals surface area contributed by atoms with Crippen molar-refractivity contribution in [2.24, 2.45) is 5.92 Å². The summed E-state index contributed by atoms with van der Waals surface area (Å²) in [5, 5.41) is 3.42. The Morgan fingerprint density at radius 1 is 1.25 bits per heavy atom. The zero-order valence-corrected chi connectivity index (χ0v) is 12.5. The van der Waals surface area contributed by atoms with Gasteiger partial charge in [-0.15, -0.1) is 0 Å². The van der Waals surface area contributed by atoms with E-state index in [1.54, 1.807) is 0 Å². The average molecular weight is 273 g/mol. The fourth-order valence-corrected chi connectivity index (χ4v) is 3.22. The molecule has 1 fully saturated rings. The van der Waals surface area contributed by atoms with Gasteiger partial charge in [0.05, 0.1) is 0 Å². The molecule has 1 aromatic carbocycles. The first-order valence-electron chi connectivity index (χ1n) is 7.47. The molecule has 4 heteroatoms. The lowest BCUT2D eigenvalue weighted by molar-refractivity contribution is 0.137. The van der Waals surface area contributed by atoms with Gasteiger partial charge in [-0.25, -0.2) is 4.98 Å². The van der Waals surface area contributed by atoms with E-state index in [0.717, 1.165) is 43.2 Å². The van der Waals surface area contributed by atoms with E-state index in [1.165, 1.54) is 5.56 Å². The van der Waals surface area contributed by atoms with Gasteiger partial charge in [-0.05, 0) is 23.6 Å². The lowest BCUT2D eigenvalue weighted by Gasteiger charge is -2.37. The van der Waals surface area contributed by atoms with Crippen LogP contribution in [0, 0.1) is 12.8 Å². The molecule has 0 bridgehead atoms. The van der Waals surface area contributed by atoms with Crippen LogP contribution in [0.5, 0.6) is 0 Å². The minimum absolute atomic E-state index is 0.451. The van der Waals surface area contributed by atoms with Gasteiger partial charge in [-0.3, -0.25) is 4.90 Å². The Morgan fingerprint density at radius 2 is 2.00 bits per heavy atom. The first-order chi connectivity index (χ1) is 9.65. The van der Waals surface area contributed by atoms with E-state index < -0.39 is 0 Å². The van der Waals surface area contributed by atoms with Gasteiger partial charge >= 0.3 is 0 Å². The number of aryl methyl sites for hydroxylation is 1. The molecule has 2 heterocycles. The molecule has 3 rings (SSSR count). The summed E-state index contributed by atoms with van der Waals surface area (Å²) in [5.74, 6) is 1.31. The first-order valence-corrected chi connectivity index (χ1v) is 7.47. The Balaban J connectivity index is 1.95. The molecular formula is C16H23N3O. The third-order valence-electron chi connectivity index (χ3n) is 4.04. The maximum absolute atomic E-state index is 5.68. The SMILES string of the molecule is Cc1nc2ccc(C(C(C)C)N3CCNCC3)cc2o1. The molecule has 1 saturated heterocycles. The molecule has 1 aromatic heterocycles. The van der Waals surface area contributed by atoms with E-state index in [4.69, 9.17) is 4.42 Å². The van der Waals surface area contributed by atoms with Gasteiger partial charge in [0.25, 0.3) is 0 Å². The largest absolute Gasteiger partial charge is 0.441 e. The normalized spacial score (nSPS) is 18.8. The number of hydrogen-bond donors (Lipinski definition) is 1. The van der Waals surface area contributed by atoms with Gasteiger partial charge in [0, 0.05) is 39.1 Å². The molecule has 4 nitrogen and oxygen atoms in total. The molecule has 0 amide bonds. The summed E-state index contributed by atoms with van der Waals surface area (Å²) < 4.78 is 5.68. The van der Waals surface area contributed by atoms with Crippen LogP contribution >= 0.6 is 0 Å². The fraction of sp³-hybridized carbons (Fsp3) is 0.562. The number of oxazole rings is 1. The third kappa shape index (κ3) is 2.58. The fourth-order valence-electron chi connectivity index (χ4n) is 3.22. The predicted octanol–water partition coefficient (Wildman–Crippen LogP) is 2.74. The molecule has 0 radical (unpaired) electrons. The van der Waals surface area contributed by atoms with Crippen LogP contribution in [0.15, 0.2) is 22.6 Å². The lowest BCUT2D eigenvalue weighted by Crippen LogP contribution is -2.46. The second-order valence-corrected chi connectivity index (χ2v) is 5.93. The Bertz CT molecular complexity index is 584. The molecule has 108 valence electrons. The number of nitrogens with one attached hydrogen (secondary N) is 1. The molecule has 1 atom stereocenters. The van der Waals surface area contributed by atoms with Crippen molar-refractivity contribution in [2.75, 3.05) is 26.2 Å². The van der Waals surface area contributed by atoms with Crippen molar-refractivity contribution in [3.8, 4) is 0 Å². The number of aromatic nitrogens is 1. The van der Waals surface area contributed by atoms with Gasteiger partial charge in [0.2, 0.25) is 0 Å². The van der Waals surface area contributed by atoms with Gasteiger partial charge in [-0.2, -0.15) is 0 Å². The Morgan fingerprint density at radius 3 is 2.70 bits per heavy atom. The van der Waals surface area contributed by atoms with Crippen LogP contribution in [0.2, 0.25) is 0 Å². The van der Waals surface area contributed by atoms with Gasteiger partial charge < -0.3 is 9.73 Å². The zero-order valence-electron chi connectivity index (χ0n) is 12.5. The zero-order chi connectivity index (χ0) is 14.1. The van der Waals surface area contributed by atoms with E-state index in [-0.39, 0.29) is 0 Å². The quantitative estimate of drug-likeness (QED) is 0.933. The first kappa shape index (κ1) is 13.6. The molecule has 1 N–H and O–H groups in total. The number of rotatable bonds is 3. The maximum atomic E-state index is 5.68. The lowest BCUT2D eigenvalue weighted by atomic mass is 9.93. The maximum Gasteiger partial charge on any atom is 0.192 e. The van der Waals surface area contributed by atoms with Crippen molar-refractivity contribution < 1.29 is 4.42 Å². The highest BCUT2D eigenvalue weighted by Gasteiger charge is 2.25.